The molecule has 0 heterocycles. The van der Waals surface area contributed by atoms with E-state index in [1.807, 2.05) is 0 Å². The molecular formula is C28H46O3. The van der Waals surface area contributed by atoms with Gasteiger partial charge >= 0.3 is 0 Å². The first-order valence-corrected chi connectivity index (χ1v) is 12.9. The third-order valence-electron chi connectivity index (χ3n) is 8.88. The van der Waals surface area contributed by atoms with E-state index in [1.165, 1.54) is 44.1 Å². The number of aliphatic hydroxyl groups is 3. The average Bonchev–Trinajstić information content (AvgIpc) is 2.74. The molecule has 3 rings (SSSR count). The largest absolute Gasteiger partial charge is 0.393 e. The van der Waals surface area contributed by atoms with Crippen LogP contribution in [-0.2, 0) is 0 Å². The number of allylic oxidation sites excluding steroid dienone is 4. The smallest absolute Gasteiger partial charge is 0.0676 e. The van der Waals surface area contributed by atoms with Gasteiger partial charge in [0.1, 0.15) is 0 Å². The standard InChI is InChI=1S/C28H46O3/c1-4-28(31,5-2)17-7-6-11-23-12-8-13-26-22(10-9-16-27(23,26)3)15-14-21-18-24(29)20-25(30)19-21/h6-7,14-15,23-26,29-31H,4-5,8-13,16-20H2,1-3H3/b7-6+,22-15-/t23?,24-,25-,26?,27-/m1/s1. The molecule has 0 bridgehead atoms. The molecule has 0 aromatic carbocycles. The van der Waals surface area contributed by atoms with Gasteiger partial charge in [-0.25, -0.2) is 0 Å². The molecule has 0 aromatic rings. The number of aliphatic hydroxyl groups excluding tert-OH is 2. The van der Waals surface area contributed by atoms with Crippen LogP contribution in [0.2, 0.25) is 0 Å². The Morgan fingerprint density at radius 2 is 1.71 bits per heavy atom. The Balaban J connectivity index is 1.68. The van der Waals surface area contributed by atoms with Crippen LogP contribution in [0.1, 0.15) is 104 Å². The topological polar surface area (TPSA) is 60.7 Å². The summed E-state index contributed by atoms with van der Waals surface area (Å²) < 4.78 is 0. The lowest BCUT2D eigenvalue weighted by Crippen LogP contribution is -2.42. The van der Waals surface area contributed by atoms with Gasteiger partial charge in [-0.3, -0.25) is 0 Å². The quantitative estimate of drug-likeness (QED) is 0.419. The molecule has 0 amide bonds. The number of hydrogen-bond donors (Lipinski definition) is 3. The number of rotatable bonds is 7. The Hall–Kier alpha value is -0.900. The van der Waals surface area contributed by atoms with Gasteiger partial charge in [0.05, 0.1) is 17.8 Å². The summed E-state index contributed by atoms with van der Waals surface area (Å²) in [6.45, 7) is 6.67. The van der Waals surface area contributed by atoms with Gasteiger partial charge in [-0.15, -0.1) is 0 Å². The zero-order valence-electron chi connectivity index (χ0n) is 20.2. The van der Waals surface area contributed by atoms with Crippen LogP contribution < -0.4 is 0 Å². The van der Waals surface area contributed by atoms with Crippen LogP contribution in [0.5, 0.6) is 0 Å². The van der Waals surface area contributed by atoms with Gasteiger partial charge in [-0.2, -0.15) is 0 Å². The molecule has 0 radical (unpaired) electrons. The van der Waals surface area contributed by atoms with Crippen molar-refractivity contribution in [2.45, 2.75) is 122 Å². The lowest BCUT2D eigenvalue weighted by atomic mass is 9.53. The lowest BCUT2D eigenvalue weighted by molar-refractivity contribution is 0.0317. The Morgan fingerprint density at radius 3 is 2.39 bits per heavy atom. The average molecular weight is 431 g/mol. The summed E-state index contributed by atoms with van der Waals surface area (Å²) in [7, 11) is 0. The van der Waals surface area contributed by atoms with Crippen LogP contribution in [0.15, 0.2) is 35.5 Å². The fourth-order valence-corrected chi connectivity index (χ4v) is 6.57. The molecule has 3 fully saturated rings. The second kappa shape index (κ2) is 10.8. The monoisotopic (exact) mass is 430 g/mol. The zero-order valence-corrected chi connectivity index (χ0v) is 20.2. The first-order chi connectivity index (χ1) is 14.8. The minimum absolute atomic E-state index is 0.364. The summed E-state index contributed by atoms with van der Waals surface area (Å²) >= 11 is 0. The third-order valence-corrected chi connectivity index (χ3v) is 8.88. The summed E-state index contributed by atoms with van der Waals surface area (Å²) in [5.74, 6) is 1.38. The van der Waals surface area contributed by atoms with E-state index in [4.69, 9.17) is 0 Å². The highest BCUT2D eigenvalue weighted by Gasteiger charge is 2.46. The van der Waals surface area contributed by atoms with Crippen molar-refractivity contribution in [2.75, 3.05) is 0 Å². The summed E-state index contributed by atoms with van der Waals surface area (Å²) in [6.07, 6.45) is 21.5. The molecule has 3 aliphatic rings. The maximum atomic E-state index is 10.5. The Labute approximate surface area is 190 Å². The minimum atomic E-state index is -0.538. The van der Waals surface area contributed by atoms with Crippen molar-refractivity contribution < 1.29 is 15.3 Å². The van der Waals surface area contributed by atoms with Crippen LogP contribution in [0, 0.1) is 17.3 Å². The van der Waals surface area contributed by atoms with Gasteiger partial charge < -0.3 is 15.3 Å². The molecule has 2 unspecified atom stereocenters. The van der Waals surface area contributed by atoms with E-state index >= 15 is 0 Å². The van der Waals surface area contributed by atoms with Crippen molar-refractivity contribution in [1.82, 2.24) is 0 Å². The highest BCUT2D eigenvalue weighted by atomic mass is 16.3. The molecule has 176 valence electrons. The first kappa shape index (κ1) is 24.7. The predicted molar refractivity (Wildman–Crippen MR) is 129 cm³/mol. The first-order valence-electron chi connectivity index (χ1n) is 12.9. The van der Waals surface area contributed by atoms with E-state index in [2.05, 4.69) is 45.1 Å². The molecular weight excluding hydrogens is 384 g/mol. The number of fused-ring (bicyclic) bond motifs is 1. The second-order valence-electron chi connectivity index (χ2n) is 10.9. The van der Waals surface area contributed by atoms with Crippen molar-refractivity contribution in [2.24, 2.45) is 17.3 Å². The van der Waals surface area contributed by atoms with E-state index in [0.717, 1.165) is 25.7 Å². The molecule has 0 aliphatic heterocycles. The normalized spacial score (nSPS) is 36.1. The maximum Gasteiger partial charge on any atom is 0.0676 e. The van der Waals surface area contributed by atoms with Gasteiger partial charge in [-0.1, -0.05) is 62.6 Å². The second-order valence-corrected chi connectivity index (χ2v) is 10.9. The van der Waals surface area contributed by atoms with Gasteiger partial charge in [-0.05, 0) is 94.3 Å². The molecule has 5 atom stereocenters. The molecule has 0 saturated heterocycles. The Morgan fingerprint density at radius 1 is 1.00 bits per heavy atom. The summed E-state index contributed by atoms with van der Waals surface area (Å²) in [5.41, 5.74) is 2.61. The molecule has 3 nitrogen and oxygen atoms in total. The van der Waals surface area contributed by atoms with Gasteiger partial charge in [0.25, 0.3) is 0 Å². The minimum Gasteiger partial charge on any atom is -0.393 e. The van der Waals surface area contributed by atoms with Crippen molar-refractivity contribution in [1.29, 1.82) is 0 Å². The third kappa shape index (κ3) is 6.12. The van der Waals surface area contributed by atoms with Crippen molar-refractivity contribution >= 4 is 0 Å². The Kier molecular flexibility index (Phi) is 8.63. The molecule has 3 aliphatic carbocycles. The number of hydrogen-bond acceptors (Lipinski definition) is 3. The van der Waals surface area contributed by atoms with Crippen LogP contribution in [0.3, 0.4) is 0 Å². The van der Waals surface area contributed by atoms with E-state index in [0.29, 0.717) is 36.5 Å². The molecule has 31 heavy (non-hydrogen) atoms. The summed E-state index contributed by atoms with van der Waals surface area (Å²) in [4.78, 5) is 0. The molecule has 0 spiro atoms. The van der Waals surface area contributed by atoms with Crippen LogP contribution in [-0.4, -0.2) is 33.1 Å². The SMILES string of the molecule is CCC(O)(CC)C/C=C/CC1CCCC2/C(=C\C=C3C[C@@H](O)C[C@H](O)C3)CCC[C@]12C. The molecule has 3 heteroatoms. The van der Waals surface area contributed by atoms with Gasteiger partial charge in [0, 0.05) is 0 Å². The highest BCUT2D eigenvalue weighted by Crippen LogP contribution is 2.56. The molecule has 3 N–H and O–H groups in total. The zero-order chi connectivity index (χ0) is 22.5. The van der Waals surface area contributed by atoms with Gasteiger partial charge in [0.2, 0.25) is 0 Å². The van der Waals surface area contributed by atoms with Crippen molar-refractivity contribution in [3.8, 4) is 0 Å². The summed E-state index contributed by atoms with van der Waals surface area (Å²) in [5, 5.41) is 30.5. The molecule has 0 aromatic heterocycles. The fraction of sp³-hybridized carbons (Fsp3) is 0.786. The van der Waals surface area contributed by atoms with Gasteiger partial charge in [0.15, 0.2) is 0 Å². The van der Waals surface area contributed by atoms with Crippen molar-refractivity contribution in [3.05, 3.63) is 35.5 Å². The summed E-state index contributed by atoms with van der Waals surface area (Å²) in [6, 6.07) is 0. The lowest BCUT2D eigenvalue weighted by Gasteiger charge is -2.51. The predicted octanol–water partition coefficient (Wildman–Crippen LogP) is 6.24. The fourth-order valence-electron chi connectivity index (χ4n) is 6.57. The maximum absolute atomic E-state index is 10.5. The van der Waals surface area contributed by atoms with E-state index < -0.39 is 17.8 Å². The van der Waals surface area contributed by atoms with E-state index in [-0.39, 0.29) is 0 Å². The van der Waals surface area contributed by atoms with Crippen LogP contribution >= 0.6 is 0 Å². The van der Waals surface area contributed by atoms with E-state index in [9.17, 15) is 15.3 Å². The van der Waals surface area contributed by atoms with Crippen LogP contribution in [0.25, 0.3) is 0 Å². The molecule has 3 saturated carbocycles. The Bertz CT molecular complexity index is 660. The highest BCUT2D eigenvalue weighted by molar-refractivity contribution is 5.25. The van der Waals surface area contributed by atoms with Crippen molar-refractivity contribution in [3.63, 3.8) is 0 Å². The van der Waals surface area contributed by atoms with Crippen LogP contribution in [0.4, 0.5) is 0 Å². The van der Waals surface area contributed by atoms with E-state index in [1.54, 1.807) is 5.57 Å².